The second-order valence-corrected chi connectivity index (χ2v) is 10.5. The number of carbonyl (C=O) groups is 2. The highest BCUT2D eigenvalue weighted by molar-refractivity contribution is 6.04. The van der Waals surface area contributed by atoms with Gasteiger partial charge in [0.15, 0.2) is 5.82 Å². The third-order valence-corrected chi connectivity index (χ3v) is 7.82. The van der Waals surface area contributed by atoms with E-state index in [2.05, 4.69) is 29.0 Å². The van der Waals surface area contributed by atoms with E-state index >= 15 is 0 Å². The molecule has 1 aromatic heterocycles. The van der Waals surface area contributed by atoms with Gasteiger partial charge in [-0.25, -0.2) is 4.98 Å². The van der Waals surface area contributed by atoms with Crippen LogP contribution in [0.4, 0.5) is 17.5 Å². The van der Waals surface area contributed by atoms with Crippen LogP contribution in [-0.2, 0) is 9.59 Å². The zero-order valence-electron chi connectivity index (χ0n) is 21.5. The van der Waals surface area contributed by atoms with Gasteiger partial charge < -0.3 is 24.9 Å². The number of amides is 2. The second kappa shape index (κ2) is 10.5. The third-order valence-electron chi connectivity index (χ3n) is 7.82. The Balaban J connectivity index is 1.46. The van der Waals surface area contributed by atoms with Crippen LogP contribution in [0, 0.1) is 5.92 Å². The average Bonchev–Trinajstić information content (AvgIpc) is 3.35. The second-order valence-electron chi connectivity index (χ2n) is 10.5. The summed E-state index contributed by atoms with van der Waals surface area (Å²) >= 11 is 0. The molecule has 0 unspecified atom stereocenters. The molecule has 1 N–H and O–H groups in total. The lowest BCUT2D eigenvalue weighted by Gasteiger charge is -2.43. The number of nitrogens with one attached hydrogen (secondary N) is 1. The van der Waals surface area contributed by atoms with Crippen LogP contribution in [0.25, 0.3) is 0 Å². The first-order valence-corrected chi connectivity index (χ1v) is 12.9. The molecule has 2 aliphatic heterocycles. The summed E-state index contributed by atoms with van der Waals surface area (Å²) in [5.41, 5.74) is 0.799. The van der Waals surface area contributed by atoms with Crippen molar-refractivity contribution in [1.29, 1.82) is 0 Å². The third kappa shape index (κ3) is 4.99. The van der Waals surface area contributed by atoms with Crippen molar-refractivity contribution in [3.63, 3.8) is 0 Å². The van der Waals surface area contributed by atoms with Crippen molar-refractivity contribution in [2.45, 2.75) is 76.9 Å². The van der Waals surface area contributed by atoms with E-state index in [1.165, 1.54) is 12.8 Å². The van der Waals surface area contributed by atoms with Crippen LogP contribution in [-0.4, -0.2) is 90.5 Å². The summed E-state index contributed by atoms with van der Waals surface area (Å²) in [5.74, 6) is 2.31. The molecular weight excluding hydrogens is 430 g/mol. The van der Waals surface area contributed by atoms with E-state index in [-0.39, 0.29) is 23.9 Å². The van der Waals surface area contributed by atoms with E-state index in [9.17, 15) is 9.59 Å². The van der Waals surface area contributed by atoms with Gasteiger partial charge >= 0.3 is 0 Å². The fraction of sp³-hybridized carbons (Fsp3) is 0.760. The largest absolute Gasteiger partial charge is 0.351 e. The lowest BCUT2D eigenvalue weighted by Crippen LogP contribution is -2.55. The number of fused-ring (bicyclic) bond motifs is 1. The highest BCUT2D eigenvalue weighted by Gasteiger charge is 2.41. The standard InChI is InChI=1S/C25H41N7O2/c1-6-20-24(34)30(5)21-15-26-25(28-23(21)32(20)19-9-7-8-10-19)27-17(2)18-11-13-31(14-12-18)22(33)16-29(3)4/h15,17-20H,6-14,16H2,1-5H3,(H,26,27,28)/t17-,20-/m1/s1. The smallest absolute Gasteiger partial charge is 0.249 e. The summed E-state index contributed by atoms with van der Waals surface area (Å²) in [6, 6.07) is 0.407. The average molecular weight is 472 g/mol. The molecule has 3 aliphatic rings. The Morgan fingerprint density at radius 3 is 2.50 bits per heavy atom. The van der Waals surface area contributed by atoms with Crippen LogP contribution in [0.5, 0.6) is 0 Å². The van der Waals surface area contributed by atoms with Crippen molar-refractivity contribution in [2.75, 3.05) is 55.9 Å². The predicted octanol–water partition coefficient (Wildman–Crippen LogP) is 2.58. The number of likely N-dealkylation sites (N-methyl/N-ethyl adjacent to an activating group) is 2. The SMILES string of the molecule is CC[C@@H]1C(=O)N(C)c2cnc(N[C@H](C)C3CCN(C(=O)CN(C)C)CC3)nc2N1C1CCCC1. The number of likely N-dealkylation sites (tertiary alicyclic amines) is 1. The first-order chi connectivity index (χ1) is 16.3. The number of aromatic nitrogens is 2. The van der Waals surface area contributed by atoms with Crippen molar-refractivity contribution in [1.82, 2.24) is 19.8 Å². The number of hydrogen-bond acceptors (Lipinski definition) is 7. The Kier molecular flexibility index (Phi) is 7.60. The normalized spacial score (nSPS) is 22.9. The monoisotopic (exact) mass is 471 g/mol. The number of rotatable bonds is 7. The van der Waals surface area contributed by atoms with Crippen LogP contribution >= 0.6 is 0 Å². The van der Waals surface area contributed by atoms with Gasteiger partial charge in [-0.2, -0.15) is 4.98 Å². The topological polar surface area (TPSA) is 84.9 Å². The molecule has 34 heavy (non-hydrogen) atoms. The van der Waals surface area contributed by atoms with Gasteiger partial charge in [0.1, 0.15) is 11.7 Å². The maximum Gasteiger partial charge on any atom is 0.249 e. The first kappa shape index (κ1) is 24.7. The molecule has 1 saturated carbocycles. The lowest BCUT2D eigenvalue weighted by atomic mass is 9.90. The Morgan fingerprint density at radius 1 is 1.21 bits per heavy atom. The van der Waals surface area contributed by atoms with Crippen LogP contribution in [0.15, 0.2) is 6.20 Å². The van der Waals surface area contributed by atoms with E-state index in [1.54, 1.807) is 11.1 Å². The number of anilines is 3. The van der Waals surface area contributed by atoms with Gasteiger partial charge in [0.2, 0.25) is 17.8 Å². The van der Waals surface area contributed by atoms with Crippen molar-refractivity contribution in [2.24, 2.45) is 5.92 Å². The van der Waals surface area contributed by atoms with Gasteiger partial charge in [-0.3, -0.25) is 9.59 Å². The maximum atomic E-state index is 13.1. The summed E-state index contributed by atoms with van der Waals surface area (Å²) in [4.78, 5) is 42.9. The number of piperidine rings is 1. The van der Waals surface area contributed by atoms with Crippen LogP contribution < -0.4 is 15.1 Å². The van der Waals surface area contributed by atoms with Gasteiger partial charge in [0.25, 0.3) is 0 Å². The molecule has 3 heterocycles. The first-order valence-electron chi connectivity index (χ1n) is 12.9. The van der Waals surface area contributed by atoms with Crippen LogP contribution in [0.1, 0.15) is 58.8 Å². The number of carbonyl (C=O) groups excluding carboxylic acids is 2. The minimum atomic E-state index is -0.162. The molecule has 1 aromatic rings. The fourth-order valence-corrected chi connectivity index (χ4v) is 5.79. The minimum absolute atomic E-state index is 0.134. The van der Waals surface area contributed by atoms with E-state index in [4.69, 9.17) is 4.98 Å². The van der Waals surface area contributed by atoms with Gasteiger partial charge in [-0.15, -0.1) is 0 Å². The molecule has 0 bridgehead atoms. The molecule has 0 radical (unpaired) electrons. The van der Waals surface area contributed by atoms with E-state index < -0.39 is 0 Å². The molecular formula is C25H41N7O2. The maximum absolute atomic E-state index is 13.1. The Hall–Kier alpha value is -2.42. The lowest BCUT2D eigenvalue weighted by molar-refractivity contribution is -0.133. The fourth-order valence-electron chi connectivity index (χ4n) is 5.79. The van der Waals surface area contributed by atoms with Crippen molar-refractivity contribution >= 4 is 29.3 Å². The quantitative estimate of drug-likeness (QED) is 0.654. The summed E-state index contributed by atoms with van der Waals surface area (Å²) in [6.45, 7) is 6.34. The zero-order chi connectivity index (χ0) is 24.4. The zero-order valence-corrected chi connectivity index (χ0v) is 21.5. The summed E-state index contributed by atoms with van der Waals surface area (Å²) in [7, 11) is 5.69. The highest BCUT2D eigenvalue weighted by Crippen LogP contribution is 2.40. The molecule has 1 aliphatic carbocycles. The van der Waals surface area contributed by atoms with Crippen molar-refractivity contribution < 1.29 is 9.59 Å². The van der Waals surface area contributed by atoms with Crippen molar-refractivity contribution in [3.8, 4) is 0 Å². The molecule has 0 spiro atoms. The van der Waals surface area contributed by atoms with Gasteiger partial charge in [-0.05, 0) is 59.0 Å². The van der Waals surface area contributed by atoms with E-state index in [0.717, 1.165) is 56.7 Å². The molecule has 2 fully saturated rings. The molecule has 2 atom stereocenters. The summed E-state index contributed by atoms with van der Waals surface area (Å²) in [5, 5.41) is 3.54. The molecule has 9 heteroatoms. The van der Waals surface area contributed by atoms with Crippen molar-refractivity contribution in [3.05, 3.63) is 6.20 Å². The highest BCUT2D eigenvalue weighted by atomic mass is 16.2. The molecule has 9 nitrogen and oxygen atoms in total. The minimum Gasteiger partial charge on any atom is -0.351 e. The van der Waals surface area contributed by atoms with Crippen LogP contribution in [0.3, 0.4) is 0 Å². The van der Waals surface area contributed by atoms with E-state index in [1.807, 2.05) is 30.9 Å². The van der Waals surface area contributed by atoms with Gasteiger partial charge in [-0.1, -0.05) is 19.8 Å². The molecule has 188 valence electrons. The summed E-state index contributed by atoms with van der Waals surface area (Å²) in [6.07, 6.45) is 9.16. The predicted molar refractivity (Wildman–Crippen MR) is 135 cm³/mol. The summed E-state index contributed by atoms with van der Waals surface area (Å²) < 4.78 is 0. The van der Waals surface area contributed by atoms with Gasteiger partial charge in [0.05, 0.1) is 12.7 Å². The Bertz CT molecular complexity index is 878. The molecule has 2 amide bonds. The van der Waals surface area contributed by atoms with Crippen LogP contribution in [0.2, 0.25) is 0 Å². The molecule has 1 saturated heterocycles. The van der Waals surface area contributed by atoms with Gasteiger partial charge in [0, 0.05) is 32.2 Å². The Labute approximate surface area is 203 Å². The Morgan fingerprint density at radius 2 is 1.88 bits per heavy atom. The number of hydrogen-bond donors (Lipinski definition) is 1. The molecule has 4 rings (SSSR count). The number of nitrogens with zero attached hydrogens (tertiary/aromatic N) is 6. The molecule has 0 aromatic carbocycles. The van der Waals surface area contributed by atoms with E-state index in [0.29, 0.717) is 24.5 Å².